The van der Waals surface area contributed by atoms with E-state index in [1.807, 2.05) is 13.8 Å². The van der Waals surface area contributed by atoms with Crippen molar-refractivity contribution in [3.63, 3.8) is 0 Å². The Balaban J connectivity index is 1.58. The van der Waals surface area contributed by atoms with Gasteiger partial charge in [-0.2, -0.15) is 23.4 Å². The van der Waals surface area contributed by atoms with Crippen molar-refractivity contribution in [3.8, 4) is 18.0 Å². The number of anilines is 1. The average molecular weight is 438 g/mol. The number of ether oxygens (including phenoxy) is 1. The molecule has 7 nitrogen and oxygen atoms in total. The third-order valence-corrected chi connectivity index (χ3v) is 5.83. The lowest BCUT2D eigenvalue weighted by Crippen LogP contribution is -2.46. The number of hydrogen-bond donors (Lipinski definition) is 1. The highest BCUT2D eigenvalue weighted by molar-refractivity contribution is 5.36. The number of nitriles is 1. The average Bonchev–Trinajstić information content (AvgIpc) is 3.19. The van der Waals surface area contributed by atoms with E-state index in [2.05, 4.69) is 21.6 Å². The van der Waals surface area contributed by atoms with E-state index in [9.17, 15) is 22.8 Å². The van der Waals surface area contributed by atoms with Crippen LogP contribution in [0.3, 0.4) is 0 Å². The molecule has 2 heterocycles. The fourth-order valence-electron chi connectivity index (χ4n) is 4.37. The smallest absolute Gasteiger partial charge is 0.419 e. The molecule has 2 unspecified atom stereocenters. The van der Waals surface area contributed by atoms with E-state index in [0.29, 0.717) is 19.2 Å². The van der Waals surface area contributed by atoms with E-state index in [1.165, 1.54) is 4.68 Å². The lowest BCUT2D eigenvalue weighted by Gasteiger charge is -2.35. The van der Waals surface area contributed by atoms with Gasteiger partial charge >= 0.3 is 12.2 Å². The summed E-state index contributed by atoms with van der Waals surface area (Å²) in [4.78, 5) is 6.04. The predicted molar refractivity (Wildman–Crippen MR) is 103 cm³/mol. The van der Waals surface area contributed by atoms with Crippen LogP contribution in [0, 0.1) is 29.1 Å². The van der Waals surface area contributed by atoms with Crippen molar-refractivity contribution in [2.45, 2.75) is 44.9 Å². The van der Waals surface area contributed by atoms with Gasteiger partial charge in [0.05, 0.1) is 11.6 Å². The molecule has 2 atom stereocenters. The second-order valence-corrected chi connectivity index (χ2v) is 8.25. The van der Waals surface area contributed by atoms with E-state index in [0.717, 1.165) is 25.0 Å². The first-order valence-corrected chi connectivity index (χ1v) is 10.1. The van der Waals surface area contributed by atoms with Crippen LogP contribution in [0.2, 0.25) is 0 Å². The Morgan fingerprint density at radius 3 is 2.48 bits per heavy atom. The molecule has 31 heavy (non-hydrogen) atoms. The van der Waals surface area contributed by atoms with Gasteiger partial charge < -0.3 is 15.0 Å². The number of nitrogens with zero attached hydrogens (tertiary/aromatic N) is 5. The van der Waals surface area contributed by atoms with Gasteiger partial charge in [-0.15, -0.1) is 5.10 Å². The van der Waals surface area contributed by atoms with Crippen LogP contribution < -0.4 is 10.1 Å². The van der Waals surface area contributed by atoms with Crippen LogP contribution in [-0.4, -0.2) is 38.8 Å². The maximum Gasteiger partial charge on any atom is 0.419 e. The number of alkyl halides is 3. The summed E-state index contributed by atoms with van der Waals surface area (Å²) in [5.41, 5.74) is -1.40. The number of rotatable bonds is 5. The molecule has 2 bridgehead atoms. The molecule has 1 aromatic carbocycles. The van der Waals surface area contributed by atoms with E-state index < -0.39 is 23.3 Å². The summed E-state index contributed by atoms with van der Waals surface area (Å²) in [6.07, 6.45) is -0.654. The monoisotopic (exact) mass is 438 g/mol. The zero-order valence-electron chi connectivity index (χ0n) is 17.0. The van der Waals surface area contributed by atoms with E-state index in [1.54, 1.807) is 4.90 Å². The molecule has 0 amide bonds. The van der Waals surface area contributed by atoms with Gasteiger partial charge in [-0.1, -0.05) is 6.07 Å². The summed E-state index contributed by atoms with van der Waals surface area (Å²) in [5, 5.41) is 16.9. The summed E-state index contributed by atoms with van der Waals surface area (Å²) in [5.74, 6) is -1.25. The fraction of sp³-hybridized carbons (Fsp3) is 0.550. The Morgan fingerprint density at radius 1 is 1.23 bits per heavy atom. The third-order valence-electron chi connectivity index (χ3n) is 5.83. The first-order valence-electron chi connectivity index (χ1n) is 10.1. The molecular formula is C20H22F4N6O. The van der Waals surface area contributed by atoms with Crippen molar-refractivity contribution in [1.29, 1.82) is 5.26 Å². The van der Waals surface area contributed by atoms with Crippen molar-refractivity contribution in [2.75, 3.05) is 18.4 Å². The topological polar surface area (TPSA) is 79.0 Å². The highest BCUT2D eigenvalue weighted by atomic mass is 19.4. The van der Waals surface area contributed by atoms with Gasteiger partial charge in [0.15, 0.2) is 17.8 Å². The van der Waals surface area contributed by atoms with Crippen molar-refractivity contribution in [1.82, 2.24) is 19.7 Å². The second-order valence-electron chi connectivity index (χ2n) is 8.25. The molecule has 11 heteroatoms. The number of fused-ring (bicyclic) bond motifs is 2. The maximum atomic E-state index is 14.4. The first-order chi connectivity index (χ1) is 14.7. The van der Waals surface area contributed by atoms with Gasteiger partial charge in [0, 0.05) is 19.1 Å². The van der Waals surface area contributed by atoms with Crippen LogP contribution in [-0.2, 0) is 6.18 Å². The lowest BCUT2D eigenvalue weighted by atomic mass is 9.92. The van der Waals surface area contributed by atoms with Gasteiger partial charge in [0.25, 0.3) is 0 Å². The minimum Gasteiger partial charge on any atom is -0.421 e. The predicted octanol–water partition coefficient (Wildman–Crippen LogP) is 4.41. The largest absolute Gasteiger partial charge is 0.421 e. The summed E-state index contributed by atoms with van der Waals surface area (Å²) < 4.78 is 60.3. The van der Waals surface area contributed by atoms with Crippen molar-refractivity contribution >= 4 is 5.95 Å². The Bertz CT molecular complexity index is 985. The molecule has 1 aliphatic carbocycles. The number of likely N-dealkylation sites (tertiary alicyclic amines) is 1. The molecule has 1 N–H and O–H groups in total. The molecule has 1 aliphatic heterocycles. The Labute approximate surface area is 176 Å². The highest BCUT2D eigenvalue weighted by Gasteiger charge is 2.42. The standard InChI is InChI=1S/C20H22F4N6O/c1-11(2)30-19(31-15-5-3-4-14(16(15)21)20(22,23)24)27-18(28-30)26-17-12-6-7-13(17)9-29(8-12)10-25/h3-5,11-13,17H,6-9H2,1-2H3,(H,26,28). The number of piperidine rings is 1. The van der Waals surface area contributed by atoms with Crippen molar-refractivity contribution in [3.05, 3.63) is 29.6 Å². The van der Waals surface area contributed by atoms with Crippen molar-refractivity contribution < 1.29 is 22.3 Å². The number of hydrogen-bond acceptors (Lipinski definition) is 6. The van der Waals surface area contributed by atoms with Crippen LogP contribution in [0.4, 0.5) is 23.5 Å². The zero-order chi connectivity index (χ0) is 22.3. The van der Waals surface area contributed by atoms with Crippen LogP contribution in [0.1, 0.15) is 38.3 Å². The maximum absolute atomic E-state index is 14.4. The van der Waals surface area contributed by atoms with E-state index >= 15 is 0 Å². The van der Waals surface area contributed by atoms with Crippen molar-refractivity contribution in [2.24, 2.45) is 11.8 Å². The summed E-state index contributed by atoms with van der Waals surface area (Å²) >= 11 is 0. The molecule has 1 saturated carbocycles. The first kappa shape index (κ1) is 21.2. The molecule has 1 aromatic heterocycles. The Morgan fingerprint density at radius 2 is 1.90 bits per heavy atom. The van der Waals surface area contributed by atoms with Crippen LogP contribution in [0.15, 0.2) is 18.2 Å². The molecule has 1 saturated heterocycles. The molecule has 0 spiro atoms. The van der Waals surface area contributed by atoms with Gasteiger partial charge in [0.2, 0.25) is 5.95 Å². The quantitative estimate of drug-likeness (QED) is 0.550. The third kappa shape index (κ3) is 4.11. The number of benzene rings is 1. The van der Waals surface area contributed by atoms with Crippen LogP contribution >= 0.6 is 0 Å². The highest BCUT2D eigenvalue weighted by Crippen LogP contribution is 2.39. The Hall–Kier alpha value is -3.03. The molecular weight excluding hydrogens is 416 g/mol. The van der Waals surface area contributed by atoms with E-state index in [-0.39, 0.29) is 35.9 Å². The van der Waals surface area contributed by atoms with Crippen LogP contribution in [0.5, 0.6) is 11.8 Å². The molecule has 166 valence electrons. The second kappa shape index (κ2) is 7.90. The molecule has 2 aliphatic rings. The van der Waals surface area contributed by atoms with Gasteiger partial charge in [-0.05, 0) is 50.7 Å². The number of aromatic nitrogens is 3. The molecule has 4 rings (SSSR count). The summed E-state index contributed by atoms with van der Waals surface area (Å²) in [6, 6.07) is 2.63. The zero-order valence-corrected chi connectivity index (χ0v) is 17.0. The molecule has 2 aromatic rings. The van der Waals surface area contributed by atoms with E-state index in [4.69, 9.17) is 4.74 Å². The SMILES string of the molecule is CC(C)n1nc(NC2C3CCC2CN(C#N)C3)nc1Oc1cccc(C(F)(F)F)c1F. The fourth-order valence-corrected chi connectivity index (χ4v) is 4.37. The Kier molecular flexibility index (Phi) is 5.41. The summed E-state index contributed by atoms with van der Waals surface area (Å²) in [7, 11) is 0. The number of nitrogens with one attached hydrogen (secondary N) is 1. The minimum atomic E-state index is -4.83. The van der Waals surface area contributed by atoms with Crippen LogP contribution in [0.25, 0.3) is 0 Å². The number of halogens is 4. The lowest BCUT2D eigenvalue weighted by molar-refractivity contribution is -0.140. The van der Waals surface area contributed by atoms with Gasteiger partial charge in [-0.25, -0.2) is 9.07 Å². The van der Waals surface area contributed by atoms with Gasteiger partial charge in [-0.3, -0.25) is 0 Å². The molecule has 2 fully saturated rings. The molecule has 0 radical (unpaired) electrons. The minimum absolute atomic E-state index is 0.0887. The normalized spacial score (nSPS) is 23.2. The van der Waals surface area contributed by atoms with Gasteiger partial charge in [0.1, 0.15) is 0 Å². The summed E-state index contributed by atoms with van der Waals surface area (Å²) in [6.45, 7) is 4.94.